The quantitative estimate of drug-likeness (QED) is 0.209. The molecule has 0 bridgehead atoms. The van der Waals surface area contributed by atoms with Gasteiger partial charge >= 0.3 is 7.60 Å². The summed E-state index contributed by atoms with van der Waals surface area (Å²) in [5, 5.41) is 2.98. The van der Waals surface area contributed by atoms with Gasteiger partial charge in [0.2, 0.25) is 0 Å². The van der Waals surface area contributed by atoms with E-state index in [2.05, 4.69) is 33.0 Å². The zero-order valence-corrected chi connectivity index (χ0v) is 18.5. The number of nitrogens with one attached hydrogen (secondary N) is 1. The van der Waals surface area contributed by atoms with Crippen LogP contribution in [-0.2, 0) is 13.6 Å². The summed E-state index contributed by atoms with van der Waals surface area (Å²) in [6.45, 7) is 12.6. The van der Waals surface area contributed by atoms with Crippen molar-refractivity contribution in [1.82, 2.24) is 5.32 Å². The van der Waals surface area contributed by atoms with E-state index in [-0.39, 0.29) is 0 Å². The molecule has 0 aromatic rings. The zero-order valence-electron chi connectivity index (χ0n) is 17.6. The maximum atomic E-state index is 13.7. The molecule has 0 radical (unpaired) electrons. The smallest absolute Gasteiger partial charge is 0.307 e. The van der Waals surface area contributed by atoms with Crippen molar-refractivity contribution < 1.29 is 13.6 Å². The highest BCUT2D eigenvalue weighted by Crippen LogP contribution is 2.60. The third-order valence-electron chi connectivity index (χ3n) is 4.68. The lowest BCUT2D eigenvalue weighted by molar-refractivity contribution is 0.169. The molecule has 5 heteroatoms. The van der Waals surface area contributed by atoms with Crippen LogP contribution in [-0.4, -0.2) is 25.0 Å². The fourth-order valence-corrected chi connectivity index (χ4v) is 4.85. The maximum absolute atomic E-state index is 13.7. The van der Waals surface area contributed by atoms with Gasteiger partial charge in [0.05, 0.1) is 13.2 Å². The van der Waals surface area contributed by atoms with Crippen molar-refractivity contribution in [3.8, 4) is 0 Å². The SMILES string of the molecule is CCCCCCNC(C)(CCCC)P(=O)(OCCCC)OCCCC. The van der Waals surface area contributed by atoms with Gasteiger partial charge in [0, 0.05) is 0 Å². The van der Waals surface area contributed by atoms with Crippen LogP contribution in [0.1, 0.15) is 105 Å². The minimum Gasteiger partial charge on any atom is -0.307 e. The van der Waals surface area contributed by atoms with Crippen molar-refractivity contribution in [3.63, 3.8) is 0 Å². The molecule has 1 unspecified atom stereocenters. The van der Waals surface area contributed by atoms with E-state index in [0.717, 1.165) is 57.9 Å². The summed E-state index contributed by atoms with van der Waals surface area (Å²) in [5.41, 5.74) is 0. The van der Waals surface area contributed by atoms with Crippen LogP contribution in [0.5, 0.6) is 0 Å². The molecule has 0 saturated heterocycles. The number of hydrogen-bond acceptors (Lipinski definition) is 4. The summed E-state index contributed by atoms with van der Waals surface area (Å²) in [6.07, 6.45) is 11.6. The summed E-state index contributed by atoms with van der Waals surface area (Å²) in [4.78, 5) is 0. The van der Waals surface area contributed by atoms with Crippen LogP contribution in [0.25, 0.3) is 0 Å². The monoisotopic (exact) mass is 377 g/mol. The van der Waals surface area contributed by atoms with Gasteiger partial charge in [0.1, 0.15) is 5.28 Å². The van der Waals surface area contributed by atoms with Crippen molar-refractivity contribution in [1.29, 1.82) is 0 Å². The third-order valence-corrected chi connectivity index (χ3v) is 7.31. The van der Waals surface area contributed by atoms with Gasteiger partial charge in [-0.05, 0) is 39.2 Å². The molecule has 152 valence electrons. The fraction of sp³-hybridized carbons (Fsp3) is 1.00. The van der Waals surface area contributed by atoms with E-state index in [0.29, 0.717) is 13.2 Å². The molecule has 0 aliphatic rings. The van der Waals surface area contributed by atoms with E-state index in [9.17, 15) is 4.57 Å². The molecule has 0 spiro atoms. The number of unbranched alkanes of at least 4 members (excludes halogenated alkanes) is 6. The molecule has 1 N–H and O–H groups in total. The number of hydrogen-bond donors (Lipinski definition) is 1. The van der Waals surface area contributed by atoms with Crippen molar-refractivity contribution in [2.45, 2.75) is 111 Å². The normalized spacial score (nSPS) is 14.6. The van der Waals surface area contributed by atoms with Gasteiger partial charge in [0.15, 0.2) is 0 Å². The first-order valence-electron chi connectivity index (χ1n) is 10.6. The van der Waals surface area contributed by atoms with Crippen LogP contribution < -0.4 is 5.32 Å². The van der Waals surface area contributed by atoms with Gasteiger partial charge in [0.25, 0.3) is 0 Å². The van der Waals surface area contributed by atoms with Gasteiger partial charge in [-0.25, -0.2) is 0 Å². The predicted octanol–water partition coefficient (Wildman–Crippen LogP) is 6.89. The molecular formula is C20H44NO3P. The minimum absolute atomic E-state index is 0.513. The first-order valence-corrected chi connectivity index (χ1v) is 12.2. The molecule has 0 saturated carbocycles. The van der Waals surface area contributed by atoms with E-state index in [1.54, 1.807) is 0 Å². The summed E-state index contributed by atoms with van der Waals surface area (Å²) in [5.74, 6) is 0. The summed E-state index contributed by atoms with van der Waals surface area (Å²) < 4.78 is 25.6. The van der Waals surface area contributed by atoms with Crippen molar-refractivity contribution in [2.75, 3.05) is 19.8 Å². The highest BCUT2D eigenvalue weighted by atomic mass is 31.2. The molecule has 25 heavy (non-hydrogen) atoms. The maximum Gasteiger partial charge on any atom is 0.350 e. The Hall–Kier alpha value is 0.110. The molecule has 0 amide bonds. The number of rotatable bonds is 18. The van der Waals surface area contributed by atoms with Crippen LogP contribution in [0.3, 0.4) is 0 Å². The predicted molar refractivity (Wildman–Crippen MR) is 109 cm³/mol. The molecule has 0 rings (SSSR count). The molecule has 4 nitrogen and oxygen atoms in total. The lowest BCUT2D eigenvalue weighted by atomic mass is 10.1. The van der Waals surface area contributed by atoms with Crippen molar-refractivity contribution in [2.24, 2.45) is 0 Å². The second-order valence-corrected chi connectivity index (χ2v) is 9.73. The standard InChI is InChI=1S/C20H44NO3P/c1-6-10-14-15-17-21-20(5,16-11-7-2)25(22,23-18-12-8-3)24-19-13-9-4/h21H,6-19H2,1-5H3. The van der Waals surface area contributed by atoms with E-state index < -0.39 is 12.9 Å². The summed E-state index contributed by atoms with van der Waals surface area (Å²) in [6, 6.07) is 0. The Balaban J connectivity index is 5.02. The Morgan fingerprint density at radius 1 is 0.760 bits per heavy atom. The van der Waals surface area contributed by atoms with Gasteiger partial charge in [-0.2, -0.15) is 0 Å². The lowest BCUT2D eigenvalue weighted by Gasteiger charge is -2.37. The van der Waals surface area contributed by atoms with E-state index in [4.69, 9.17) is 9.05 Å². The average Bonchev–Trinajstić information content (AvgIpc) is 2.60. The zero-order chi connectivity index (χ0) is 19.0. The van der Waals surface area contributed by atoms with Gasteiger partial charge in [-0.15, -0.1) is 0 Å². The molecule has 0 heterocycles. The Labute approximate surface area is 157 Å². The molecule has 0 aromatic carbocycles. The first-order chi connectivity index (χ1) is 12.0. The van der Waals surface area contributed by atoms with E-state index in [1.807, 2.05) is 6.92 Å². The second-order valence-electron chi connectivity index (χ2n) is 7.24. The van der Waals surface area contributed by atoms with Gasteiger partial charge in [-0.3, -0.25) is 4.57 Å². The topological polar surface area (TPSA) is 47.6 Å². The van der Waals surface area contributed by atoms with Gasteiger partial charge < -0.3 is 14.4 Å². The fourth-order valence-electron chi connectivity index (χ4n) is 2.73. The molecular weight excluding hydrogens is 333 g/mol. The average molecular weight is 378 g/mol. The van der Waals surface area contributed by atoms with Crippen LogP contribution >= 0.6 is 7.60 Å². The Bertz CT molecular complexity index is 338. The molecule has 0 aliphatic heterocycles. The Morgan fingerprint density at radius 2 is 1.28 bits per heavy atom. The molecule has 0 fully saturated rings. The molecule has 1 atom stereocenters. The second kappa shape index (κ2) is 15.2. The molecule has 0 aromatic heterocycles. The van der Waals surface area contributed by atoms with Crippen LogP contribution in [0, 0.1) is 0 Å². The van der Waals surface area contributed by atoms with Crippen LogP contribution in [0.15, 0.2) is 0 Å². The lowest BCUT2D eigenvalue weighted by Crippen LogP contribution is -2.44. The minimum atomic E-state index is -3.20. The largest absolute Gasteiger partial charge is 0.350 e. The van der Waals surface area contributed by atoms with Crippen molar-refractivity contribution in [3.05, 3.63) is 0 Å². The Kier molecular flexibility index (Phi) is 15.3. The van der Waals surface area contributed by atoms with Crippen LogP contribution in [0.2, 0.25) is 0 Å². The first kappa shape index (κ1) is 25.1. The Morgan fingerprint density at radius 3 is 1.76 bits per heavy atom. The van der Waals surface area contributed by atoms with Crippen LogP contribution in [0.4, 0.5) is 0 Å². The van der Waals surface area contributed by atoms with E-state index >= 15 is 0 Å². The highest BCUT2D eigenvalue weighted by Gasteiger charge is 2.46. The van der Waals surface area contributed by atoms with E-state index in [1.165, 1.54) is 19.3 Å². The van der Waals surface area contributed by atoms with Gasteiger partial charge in [-0.1, -0.05) is 72.6 Å². The van der Waals surface area contributed by atoms with Crippen molar-refractivity contribution >= 4 is 7.60 Å². The molecule has 0 aliphatic carbocycles. The third kappa shape index (κ3) is 10.1. The summed E-state index contributed by atoms with van der Waals surface area (Å²) in [7, 11) is -3.20. The summed E-state index contributed by atoms with van der Waals surface area (Å²) >= 11 is 0. The highest BCUT2D eigenvalue weighted by molar-refractivity contribution is 7.55.